The van der Waals surface area contributed by atoms with E-state index in [1.54, 1.807) is 37.1 Å². The molecule has 0 bridgehead atoms. The Morgan fingerprint density at radius 2 is 2.07 bits per heavy atom. The van der Waals surface area contributed by atoms with Crippen LogP contribution < -0.4 is 20.3 Å². The van der Waals surface area contributed by atoms with Gasteiger partial charge in [0.15, 0.2) is 0 Å². The molecule has 0 saturated carbocycles. The Balaban J connectivity index is 1.62. The predicted octanol–water partition coefficient (Wildman–Crippen LogP) is 2.84. The molecule has 1 aliphatic heterocycles. The van der Waals surface area contributed by atoms with Crippen molar-refractivity contribution in [3.8, 4) is 5.75 Å². The zero-order valence-corrected chi connectivity index (χ0v) is 15.5. The van der Waals surface area contributed by atoms with Gasteiger partial charge in [0.25, 0.3) is 5.69 Å². The number of amides is 3. The topological polar surface area (TPSA) is 114 Å². The first kappa shape index (κ1) is 19.2. The Labute approximate surface area is 161 Å². The minimum Gasteiger partial charge on any atom is -0.497 e. The van der Waals surface area contributed by atoms with Crippen LogP contribution in [0, 0.1) is 17.0 Å². The third-order valence-electron chi connectivity index (χ3n) is 4.49. The summed E-state index contributed by atoms with van der Waals surface area (Å²) in [7, 11) is 1.56. The van der Waals surface area contributed by atoms with Crippen LogP contribution in [-0.4, -0.2) is 36.6 Å². The van der Waals surface area contributed by atoms with Crippen molar-refractivity contribution in [2.24, 2.45) is 0 Å². The fourth-order valence-corrected chi connectivity index (χ4v) is 3.08. The molecular weight excluding hydrogens is 364 g/mol. The summed E-state index contributed by atoms with van der Waals surface area (Å²) in [6.07, 6.45) is 0.184. The largest absolute Gasteiger partial charge is 0.497 e. The third-order valence-corrected chi connectivity index (χ3v) is 4.49. The number of carbonyl (C=O) groups is 2. The van der Waals surface area contributed by atoms with Crippen molar-refractivity contribution in [3.05, 3.63) is 58.1 Å². The molecule has 3 amide bonds. The predicted molar refractivity (Wildman–Crippen MR) is 104 cm³/mol. The SMILES string of the molecule is COc1cccc(N2CC(NC(=O)Nc3ccc([N+](=O)[O-])cc3C)CC2=O)c1. The Bertz CT molecular complexity index is 930. The number of nitro benzene ring substituents is 1. The second-order valence-corrected chi connectivity index (χ2v) is 6.46. The van der Waals surface area contributed by atoms with E-state index in [0.717, 1.165) is 0 Å². The zero-order chi connectivity index (χ0) is 20.3. The molecule has 2 aromatic rings. The molecule has 2 N–H and O–H groups in total. The van der Waals surface area contributed by atoms with Crippen LogP contribution in [-0.2, 0) is 4.79 Å². The Morgan fingerprint density at radius 1 is 1.29 bits per heavy atom. The number of aryl methyl sites for hydroxylation is 1. The van der Waals surface area contributed by atoms with Crippen LogP contribution >= 0.6 is 0 Å². The molecule has 0 aromatic heterocycles. The lowest BCUT2D eigenvalue weighted by Gasteiger charge is -2.18. The van der Waals surface area contributed by atoms with Crippen LogP contribution in [0.5, 0.6) is 5.75 Å². The average molecular weight is 384 g/mol. The van der Waals surface area contributed by atoms with Gasteiger partial charge in [0.2, 0.25) is 5.91 Å². The highest BCUT2D eigenvalue weighted by Crippen LogP contribution is 2.26. The number of benzene rings is 2. The van der Waals surface area contributed by atoms with Crippen molar-refractivity contribution in [2.45, 2.75) is 19.4 Å². The number of urea groups is 1. The quantitative estimate of drug-likeness (QED) is 0.608. The zero-order valence-electron chi connectivity index (χ0n) is 15.5. The summed E-state index contributed by atoms with van der Waals surface area (Å²) < 4.78 is 5.18. The van der Waals surface area contributed by atoms with Gasteiger partial charge in [-0.25, -0.2) is 4.79 Å². The van der Waals surface area contributed by atoms with Crippen LogP contribution in [0.4, 0.5) is 21.9 Å². The lowest BCUT2D eigenvalue weighted by atomic mass is 10.2. The summed E-state index contributed by atoms with van der Waals surface area (Å²) in [5, 5.41) is 16.2. The second kappa shape index (κ2) is 7.95. The molecule has 0 spiro atoms. The van der Waals surface area contributed by atoms with Crippen LogP contribution in [0.15, 0.2) is 42.5 Å². The van der Waals surface area contributed by atoms with Gasteiger partial charge in [-0.1, -0.05) is 6.07 Å². The summed E-state index contributed by atoms with van der Waals surface area (Å²) in [5.74, 6) is 0.554. The fourth-order valence-electron chi connectivity index (χ4n) is 3.08. The summed E-state index contributed by atoms with van der Waals surface area (Å²) in [6, 6.07) is 10.5. The minimum atomic E-state index is -0.492. The van der Waals surface area contributed by atoms with E-state index in [2.05, 4.69) is 10.6 Å². The van der Waals surface area contributed by atoms with E-state index in [4.69, 9.17) is 4.74 Å². The molecule has 0 aliphatic carbocycles. The molecule has 3 rings (SSSR count). The molecule has 1 saturated heterocycles. The molecular formula is C19H20N4O5. The van der Waals surface area contributed by atoms with E-state index < -0.39 is 11.0 Å². The molecule has 1 atom stereocenters. The highest BCUT2D eigenvalue weighted by Gasteiger charge is 2.31. The molecule has 0 radical (unpaired) electrons. The van der Waals surface area contributed by atoms with E-state index in [0.29, 0.717) is 29.2 Å². The van der Waals surface area contributed by atoms with Crippen LogP contribution in [0.25, 0.3) is 0 Å². The molecule has 146 valence electrons. The van der Waals surface area contributed by atoms with Crippen molar-refractivity contribution in [3.63, 3.8) is 0 Å². The number of anilines is 2. The van der Waals surface area contributed by atoms with Crippen molar-refractivity contribution in [2.75, 3.05) is 23.9 Å². The number of methoxy groups -OCH3 is 1. The molecule has 28 heavy (non-hydrogen) atoms. The van der Waals surface area contributed by atoms with Gasteiger partial charge in [0.1, 0.15) is 5.75 Å². The highest BCUT2D eigenvalue weighted by atomic mass is 16.6. The molecule has 1 aliphatic rings. The number of hydrogen-bond donors (Lipinski definition) is 2. The Morgan fingerprint density at radius 3 is 2.75 bits per heavy atom. The van der Waals surface area contributed by atoms with Gasteiger partial charge in [-0.2, -0.15) is 0 Å². The smallest absolute Gasteiger partial charge is 0.319 e. The summed E-state index contributed by atoms with van der Waals surface area (Å²) in [5.41, 5.74) is 1.71. The van der Waals surface area contributed by atoms with E-state index in [-0.39, 0.29) is 24.1 Å². The summed E-state index contributed by atoms with van der Waals surface area (Å²) in [6.45, 7) is 2.02. The Hall–Kier alpha value is -3.62. The van der Waals surface area contributed by atoms with Crippen LogP contribution in [0.3, 0.4) is 0 Å². The number of nitro groups is 1. The molecule has 2 aromatic carbocycles. The molecule has 9 nitrogen and oxygen atoms in total. The lowest BCUT2D eigenvalue weighted by molar-refractivity contribution is -0.384. The summed E-state index contributed by atoms with van der Waals surface area (Å²) in [4.78, 5) is 36.5. The van der Waals surface area contributed by atoms with Crippen molar-refractivity contribution >= 4 is 29.0 Å². The number of carbonyl (C=O) groups excluding carboxylic acids is 2. The average Bonchev–Trinajstić information content (AvgIpc) is 3.03. The monoisotopic (exact) mass is 384 g/mol. The summed E-state index contributed by atoms with van der Waals surface area (Å²) >= 11 is 0. The molecule has 1 heterocycles. The molecule has 9 heteroatoms. The standard InChI is InChI=1S/C19H20N4O5/c1-12-8-15(23(26)27)6-7-17(12)21-19(25)20-13-9-18(24)22(11-13)14-4-3-5-16(10-14)28-2/h3-8,10,13H,9,11H2,1-2H3,(H2,20,21,25). The van der Waals surface area contributed by atoms with Gasteiger partial charge in [-0.05, 0) is 30.7 Å². The van der Waals surface area contributed by atoms with E-state index in [1.165, 1.54) is 18.2 Å². The van der Waals surface area contributed by atoms with Crippen LogP contribution in [0.2, 0.25) is 0 Å². The first-order valence-electron chi connectivity index (χ1n) is 8.64. The van der Waals surface area contributed by atoms with E-state index in [1.807, 2.05) is 6.07 Å². The number of nitrogens with one attached hydrogen (secondary N) is 2. The third kappa shape index (κ3) is 4.20. The maximum Gasteiger partial charge on any atom is 0.319 e. The van der Waals surface area contributed by atoms with Crippen molar-refractivity contribution in [1.29, 1.82) is 0 Å². The number of nitrogens with zero attached hydrogens (tertiary/aromatic N) is 2. The number of non-ortho nitro benzene ring substituents is 1. The maximum absolute atomic E-state index is 12.3. The first-order valence-corrected chi connectivity index (χ1v) is 8.64. The van der Waals surface area contributed by atoms with Gasteiger partial charge in [-0.15, -0.1) is 0 Å². The first-order chi connectivity index (χ1) is 13.4. The Kier molecular flexibility index (Phi) is 5.44. The van der Waals surface area contributed by atoms with Crippen molar-refractivity contribution < 1.29 is 19.2 Å². The normalized spacial score (nSPS) is 16.0. The fraction of sp³-hybridized carbons (Fsp3) is 0.263. The minimum absolute atomic E-state index is 0.0428. The van der Waals surface area contributed by atoms with Gasteiger partial charge in [-0.3, -0.25) is 14.9 Å². The van der Waals surface area contributed by atoms with Gasteiger partial charge < -0.3 is 20.3 Å². The van der Waals surface area contributed by atoms with E-state index >= 15 is 0 Å². The lowest BCUT2D eigenvalue weighted by Crippen LogP contribution is -2.39. The number of ether oxygens (including phenoxy) is 1. The molecule has 1 unspecified atom stereocenters. The van der Waals surface area contributed by atoms with Gasteiger partial charge in [0, 0.05) is 42.5 Å². The molecule has 1 fully saturated rings. The number of hydrogen-bond acceptors (Lipinski definition) is 5. The maximum atomic E-state index is 12.3. The van der Waals surface area contributed by atoms with Crippen LogP contribution in [0.1, 0.15) is 12.0 Å². The van der Waals surface area contributed by atoms with E-state index in [9.17, 15) is 19.7 Å². The van der Waals surface area contributed by atoms with Crippen molar-refractivity contribution in [1.82, 2.24) is 5.32 Å². The van der Waals surface area contributed by atoms with Gasteiger partial charge in [0.05, 0.1) is 18.1 Å². The number of rotatable bonds is 5. The van der Waals surface area contributed by atoms with Gasteiger partial charge >= 0.3 is 6.03 Å². The second-order valence-electron chi connectivity index (χ2n) is 6.46. The highest BCUT2D eigenvalue weighted by molar-refractivity contribution is 5.98.